The van der Waals surface area contributed by atoms with Crippen molar-refractivity contribution in [2.45, 2.75) is 6.42 Å². The van der Waals surface area contributed by atoms with Crippen LogP contribution in [0.25, 0.3) is 22.5 Å². The summed E-state index contributed by atoms with van der Waals surface area (Å²) in [6.07, 6.45) is 0.738. The molecule has 162 valence electrons. The first-order valence-electron chi connectivity index (χ1n) is 10.4. The van der Waals surface area contributed by atoms with Crippen LogP contribution < -0.4 is 14.8 Å². The van der Waals surface area contributed by atoms with Gasteiger partial charge >= 0.3 is 0 Å². The van der Waals surface area contributed by atoms with Crippen LogP contribution in [0.4, 0.5) is 0 Å². The topological polar surface area (TPSA) is 76.2 Å². The second-order valence-corrected chi connectivity index (χ2v) is 7.33. The summed E-state index contributed by atoms with van der Waals surface area (Å²) in [7, 11) is 3.29. The zero-order valence-electron chi connectivity index (χ0n) is 18.1. The zero-order valence-corrected chi connectivity index (χ0v) is 18.1. The summed E-state index contributed by atoms with van der Waals surface area (Å²) in [5.74, 6) is 1.51. The molecule has 1 heterocycles. The number of ether oxygens (including phenoxy) is 2. The van der Waals surface area contributed by atoms with Crippen molar-refractivity contribution in [3.63, 3.8) is 0 Å². The van der Waals surface area contributed by atoms with Crippen molar-refractivity contribution in [3.05, 3.63) is 90.0 Å². The van der Waals surface area contributed by atoms with Crippen LogP contribution in [0.1, 0.15) is 15.9 Å². The quantitative estimate of drug-likeness (QED) is 0.426. The van der Waals surface area contributed by atoms with Crippen molar-refractivity contribution < 1.29 is 14.3 Å². The number of H-pyrrole nitrogens is 1. The number of carbonyl (C=O) groups is 1. The number of rotatable bonds is 8. The number of aromatic amines is 1. The molecule has 1 aromatic heterocycles. The van der Waals surface area contributed by atoms with Gasteiger partial charge in [-0.2, -0.15) is 5.10 Å². The summed E-state index contributed by atoms with van der Waals surface area (Å²) < 4.78 is 10.5. The molecule has 0 aliphatic heterocycles. The van der Waals surface area contributed by atoms with Gasteiger partial charge in [-0.25, -0.2) is 0 Å². The molecule has 0 bridgehead atoms. The lowest BCUT2D eigenvalue weighted by atomic mass is 10.1. The molecular weight excluding hydrogens is 402 g/mol. The van der Waals surface area contributed by atoms with Crippen LogP contribution in [0.15, 0.2) is 78.9 Å². The lowest BCUT2D eigenvalue weighted by molar-refractivity contribution is 0.0954. The van der Waals surface area contributed by atoms with Gasteiger partial charge in [0.1, 0.15) is 11.5 Å². The molecule has 0 atom stereocenters. The number of hydrogen-bond acceptors (Lipinski definition) is 4. The normalized spacial score (nSPS) is 10.6. The second kappa shape index (κ2) is 9.83. The predicted molar refractivity (Wildman–Crippen MR) is 125 cm³/mol. The molecule has 0 unspecified atom stereocenters. The number of carbonyl (C=O) groups excluding carboxylic acids is 1. The molecule has 6 heteroatoms. The molecule has 4 rings (SSSR count). The monoisotopic (exact) mass is 427 g/mol. The fourth-order valence-electron chi connectivity index (χ4n) is 3.45. The fourth-order valence-corrected chi connectivity index (χ4v) is 3.45. The third-order valence-electron chi connectivity index (χ3n) is 5.23. The molecule has 1 amide bonds. The first-order valence-corrected chi connectivity index (χ1v) is 10.4. The second-order valence-electron chi connectivity index (χ2n) is 7.33. The smallest absolute Gasteiger partial charge is 0.251 e. The molecule has 0 aliphatic carbocycles. The van der Waals surface area contributed by atoms with Crippen molar-refractivity contribution in [2.75, 3.05) is 20.8 Å². The van der Waals surface area contributed by atoms with Gasteiger partial charge in [-0.3, -0.25) is 9.89 Å². The minimum absolute atomic E-state index is 0.0962. The highest BCUT2D eigenvalue weighted by molar-refractivity contribution is 5.94. The van der Waals surface area contributed by atoms with E-state index in [-0.39, 0.29) is 5.91 Å². The molecule has 0 spiro atoms. The summed E-state index contributed by atoms with van der Waals surface area (Å²) in [6.45, 7) is 0.554. The molecule has 4 aromatic rings. The highest BCUT2D eigenvalue weighted by Crippen LogP contribution is 2.26. The van der Waals surface area contributed by atoms with Crippen molar-refractivity contribution in [2.24, 2.45) is 0 Å². The van der Waals surface area contributed by atoms with Crippen LogP contribution in [0.2, 0.25) is 0 Å². The van der Waals surface area contributed by atoms with Gasteiger partial charge in [0.15, 0.2) is 0 Å². The maximum Gasteiger partial charge on any atom is 0.251 e. The van der Waals surface area contributed by atoms with Crippen molar-refractivity contribution in [1.82, 2.24) is 15.5 Å². The highest BCUT2D eigenvalue weighted by Gasteiger charge is 2.09. The van der Waals surface area contributed by atoms with E-state index in [1.54, 1.807) is 14.2 Å². The molecule has 0 saturated carbocycles. The van der Waals surface area contributed by atoms with Crippen LogP contribution in [0.5, 0.6) is 11.5 Å². The number of nitrogens with one attached hydrogen (secondary N) is 2. The van der Waals surface area contributed by atoms with Crippen LogP contribution in [0, 0.1) is 0 Å². The number of methoxy groups -OCH3 is 2. The Morgan fingerprint density at radius 1 is 0.875 bits per heavy atom. The van der Waals surface area contributed by atoms with Crippen LogP contribution in [-0.2, 0) is 6.42 Å². The third-order valence-corrected chi connectivity index (χ3v) is 5.23. The first-order chi connectivity index (χ1) is 15.7. The Bertz CT molecular complexity index is 1200. The molecule has 2 N–H and O–H groups in total. The lowest BCUT2D eigenvalue weighted by Gasteiger charge is -2.07. The number of nitrogens with zero attached hydrogens (tertiary/aromatic N) is 1. The summed E-state index contributed by atoms with van der Waals surface area (Å²) in [5.41, 5.74) is 5.38. The number of hydrogen-bond donors (Lipinski definition) is 2. The van der Waals surface area contributed by atoms with Crippen molar-refractivity contribution in [3.8, 4) is 34.0 Å². The fraction of sp³-hybridized carbons (Fsp3) is 0.154. The first kappa shape index (κ1) is 21.2. The molecule has 3 aromatic carbocycles. The molecule has 6 nitrogen and oxygen atoms in total. The van der Waals surface area contributed by atoms with E-state index in [4.69, 9.17) is 9.47 Å². The highest BCUT2D eigenvalue weighted by atomic mass is 16.5. The summed E-state index contributed by atoms with van der Waals surface area (Å²) in [4.78, 5) is 12.5. The Kier molecular flexibility index (Phi) is 6.51. The average molecular weight is 428 g/mol. The molecule has 0 aliphatic rings. The molecule has 0 radical (unpaired) electrons. The predicted octanol–water partition coefficient (Wildman–Crippen LogP) is 4.73. The van der Waals surface area contributed by atoms with Crippen LogP contribution in [0.3, 0.4) is 0 Å². The SMILES string of the molecule is COc1cccc(CCNC(=O)c2ccc(-c3cc(-c4cccc(OC)c4)n[nH]3)cc2)c1. The van der Waals surface area contributed by atoms with E-state index in [0.717, 1.165) is 46.0 Å². The Balaban J connectivity index is 1.37. The Hall–Kier alpha value is -4.06. The van der Waals surface area contributed by atoms with Gasteiger partial charge in [-0.05, 0) is 60.0 Å². The van der Waals surface area contributed by atoms with E-state index in [0.29, 0.717) is 12.1 Å². The maximum atomic E-state index is 12.5. The standard InChI is InChI=1S/C26H25N3O3/c1-31-22-7-3-5-18(15-22)13-14-27-26(30)20-11-9-19(10-12-20)24-17-25(29-28-24)21-6-4-8-23(16-21)32-2/h3-12,15-17H,13-14H2,1-2H3,(H,27,30)(H,28,29). The van der Waals surface area contributed by atoms with Crippen molar-refractivity contribution in [1.29, 1.82) is 0 Å². The maximum absolute atomic E-state index is 12.5. The summed E-state index contributed by atoms with van der Waals surface area (Å²) >= 11 is 0. The minimum Gasteiger partial charge on any atom is -0.497 e. The molecule has 0 fully saturated rings. The molecule has 32 heavy (non-hydrogen) atoms. The Morgan fingerprint density at radius 3 is 2.34 bits per heavy atom. The van der Waals surface area contributed by atoms with Crippen LogP contribution >= 0.6 is 0 Å². The molecular formula is C26H25N3O3. The Morgan fingerprint density at radius 2 is 1.59 bits per heavy atom. The lowest BCUT2D eigenvalue weighted by Crippen LogP contribution is -2.25. The van der Waals surface area contributed by atoms with Gasteiger partial charge in [-0.1, -0.05) is 36.4 Å². The van der Waals surface area contributed by atoms with Gasteiger partial charge in [0, 0.05) is 17.7 Å². The van der Waals surface area contributed by atoms with E-state index < -0.39 is 0 Å². The van der Waals surface area contributed by atoms with E-state index in [1.165, 1.54) is 0 Å². The van der Waals surface area contributed by atoms with Crippen LogP contribution in [-0.4, -0.2) is 36.9 Å². The van der Waals surface area contributed by atoms with Crippen molar-refractivity contribution >= 4 is 5.91 Å². The number of amides is 1. The summed E-state index contributed by atoms with van der Waals surface area (Å²) in [6, 6.07) is 25.1. The largest absolute Gasteiger partial charge is 0.497 e. The average Bonchev–Trinajstić information content (AvgIpc) is 3.35. The van der Waals surface area contributed by atoms with Gasteiger partial charge in [0.05, 0.1) is 25.6 Å². The Labute approximate surface area is 187 Å². The van der Waals surface area contributed by atoms with E-state index >= 15 is 0 Å². The third kappa shape index (κ3) is 4.98. The number of aromatic nitrogens is 2. The van der Waals surface area contributed by atoms with E-state index in [2.05, 4.69) is 15.5 Å². The minimum atomic E-state index is -0.0962. The zero-order chi connectivity index (χ0) is 22.3. The molecule has 0 saturated heterocycles. The van der Waals surface area contributed by atoms with Gasteiger partial charge in [0.2, 0.25) is 0 Å². The number of benzene rings is 3. The van der Waals surface area contributed by atoms with Gasteiger partial charge < -0.3 is 14.8 Å². The van der Waals surface area contributed by atoms with E-state index in [1.807, 2.05) is 78.9 Å². The summed E-state index contributed by atoms with van der Waals surface area (Å²) in [5, 5.41) is 10.4. The van der Waals surface area contributed by atoms with Gasteiger partial charge in [-0.15, -0.1) is 0 Å². The van der Waals surface area contributed by atoms with Gasteiger partial charge in [0.25, 0.3) is 5.91 Å². The van der Waals surface area contributed by atoms with E-state index in [9.17, 15) is 4.79 Å².